The maximum atomic E-state index is 14.9. The molecule has 4 aliphatic carbocycles. The number of nitrogens with zero attached hydrogens (tertiary/aromatic N) is 1. The van der Waals surface area contributed by atoms with Crippen LogP contribution in [-0.4, -0.2) is 43.8 Å². The molecule has 2 aromatic rings. The number of aliphatic hydroxyl groups is 2. The van der Waals surface area contributed by atoms with Gasteiger partial charge in [0.15, 0.2) is 5.78 Å². The second-order valence-electron chi connectivity index (χ2n) is 18.7. The number of allylic oxidation sites excluding steroid dienone is 4. The number of amides is 1. The summed E-state index contributed by atoms with van der Waals surface area (Å²) >= 11 is 0. The quantitative estimate of drug-likeness (QED) is 0.160. The fourth-order valence-corrected chi connectivity index (χ4v) is 12.9. The third-order valence-corrected chi connectivity index (χ3v) is 15.0. The maximum absolute atomic E-state index is 14.9. The fraction of sp³-hybridized carbons (Fsp3) is 0.556. The molecule has 2 saturated carbocycles. The predicted octanol–water partition coefficient (Wildman–Crippen LogP) is 8.14. The number of Topliss-reactive ketones (excluding diaryl/α,β-unsaturated/α-hetero) is 1. The van der Waals surface area contributed by atoms with Gasteiger partial charge < -0.3 is 25.3 Å². The van der Waals surface area contributed by atoms with Crippen molar-refractivity contribution in [2.24, 2.45) is 34.3 Å². The Balaban J connectivity index is 1.34. The Kier molecular flexibility index (Phi) is 7.52. The Bertz CT molecular complexity index is 2090. The van der Waals surface area contributed by atoms with E-state index in [0.717, 1.165) is 58.9 Å². The Hall–Kier alpha value is -3.52. The van der Waals surface area contributed by atoms with Gasteiger partial charge in [0, 0.05) is 39.0 Å². The summed E-state index contributed by atoms with van der Waals surface area (Å²) in [5, 5.41) is 25.1. The molecule has 2 aliphatic heterocycles. The molecule has 3 heterocycles. The van der Waals surface area contributed by atoms with Crippen molar-refractivity contribution in [1.82, 2.24) is 4.57 Å². The molecule has 4 N–H and O–H groups in total. The van der Waals surface area contributed by atoms with Gasteiger partial charge in [-0.3, -0.25) is 9.59 Å². The number of aromatic nitrogens is 1. The van der Waals surface area contributed by atoms with E-state index < -0.39 is 40.8 Å². The topological polar surface area (TPSA) is 115 Å². The van der Waals surface area contributed by atoms with E-state index in [2.05, 4.69) is 84.4 Å². The Morgan fingerprint density at radius 3 is 2.48 bits per heavy atom. The highest BCUT2D eigenvalue weighted by Gasteiger charge is 2.67. The number of hydrogen-bond acceptors (Lipinski definition) is 5. The summed E-state index contributed by atoms with van der Waals surface area (Å²) in [7, 11) is 0. The van der Waals surface area contributed by atoms with E-state index in [1.165, 1.54) is 11.3 Å². The van der Waals surface area contributed by atoms with Crippen LogP contribution in [0.2, 0.25) is 0 Å². The van der Waals surface area contributed by atoms with Gasteiger partial charge in [-0.1, -0.05) is 57.2 Å². The molecule has 8 rings (SSSR count). The molecule has 0 bridgehead atoms. The van der Waals surface area contributed by atoms with Crippen LogP contribution in [0.1, 0.15) is 132 Å². The average Bonchev–Trinajstić information content (AvgIpc) is 3.71. The maximum Gasteiger partial charge on any atom is 0.244 e. The van der Waals surface area contributed by atoms with E-state index in [4.69, 9.17) is 10.5 Å². The van der Waals surface area contributed by atoms with Crippen LogP contribution in [0.3, 0.4) is 0 Å². The van der Waals surface area contributed by atoms with Crippen molar-refractivity contribution in [1.29, 1.82) is 0 Å². The number of nitrogens with two attached hydrogens (primary N) is 1. The van der Waals surface area contributed by atoms with Gasteiger partial charge in [0.05, 0.1) is 34.5 Å². The molecule has 2 fully saturated rings. The molecule has 1 aromatic carbocycles. The van der Waals surface area contributed by atoms with Gasteiger partial charge >= 0.3 is 0 Å². The van der Waals surface area contributed by atoms with E-state index in [1.54, 1.807) is 12.2 Å². The summed E-state index contributed by atoms with van der Waals surface area (Å²) < 4.78 is 8.88. The molecule has 0 radical (unpaired) electrons. The molecule has 1 aromatic heterocycles. The number of benzene rings is 1. The van der Waals surface area contributed by atoms with Crippen LogP contribution >= 0.6 is 0 Å². The zero-order valence-electron chi connectivity index (χ0n) is 32.2. The van der Waals surface area contributed by atoms with Crippen molar-refractivity contribution < 1.29 is 24.5 Å². The van der Waals surface area contributed by atoms with E-state index in [-0.39, 0.29) is 28.4 Å². The summed E-state index contributed by atoms with van der Waals surface area (Å²) in [5.74, 6) is -0.199. The number of carbonyl (C=O) groups is 2. The van der Waals surface area contributed by atoms with Crippen LogP contribution in [0.5, 0.6) is 0 Å². The second-order valence-corrected chi connectivity index (χ2v) is 18.7. The zero-order chi connectivity index (χ0) is 37.7. The summed E-state index contributed by atoms with van der Waals surface area (Å²) in [4.78, 5) is 27.0. The number of primary amides is 1. The van der Waals surface area contributed by atoms with Crippen molar-refractivity contribution in [3.63, 3.8) is 0 Å². The summed E-state index contributed by atoms with van der Waals surface area (Å²) in [6.45, 7) is 25.4. The first-order chi connectivity index (χ1) is 24.2. The highest BCUT2D eigenvalue weighted by molar-refractivity contribution is 6.18. The van der Waals surface area contributed by atoms with Crippen molar-refractivity contribution in [2.45, 2.75) is 129 Å². The van der Waals surface area contributed by atoms with Gasteiger partial charge in [-0.2, -0.15) is 0 Å². The molecule has 276 valence electrons. The summed E-state index contributed by atoms with van der Waals surface area (Å²) in [6.07, 6.45) is 13.1. The normalized spacial score (nSPS) is 38.1. The third kappa shape index (κ3) is 4.30. The first-order valence-electron chi connectivity index (χ1n) is 19.3. The van der Waals surface area contributed by atoms with Gasteiger partial charge in [-0.15, -0.1) is 6.58 Å². The molecule has 9 atom stereocenters. The Labute approximate surface area is 308 Å². The molecule has 0 saturated heterocycles. The lowest BCUT2D eigenvalue weighted by atomic mass is 9.40. The van der Waals surface area contributed by atoms with Gasteiger partial charge in [-0.25, -0.2) is 0 Å². The van der Waals surface area contributed by atoms with Crippen LogP contribution in [-0.2, 0) is 21.4 Å². The minimum Gasteiger partial charge on any atom is -0.392 e. The molecule has 1 amide bonds. The van der Waals surface area contributed by atoms with E-state index in [0.29, 0.717) is 29.9 Å². The number of hydrogen-bond donors (Lipinski definition) is 3. The lowest BCUT2D eigenvalue weighted by Gasteiger charge is -2.64. The molecule has 6 aliphatic rings. The molecule has 0 spiro atoms. The van der Waals surface area contributed by atoms with Crippen molar-refractivity contribution in [3.8, 4) is 0 Å². The minimum absolute atomic E-state index is 0.0244. The van der Waals surface area contributed by atoms with Gasteiger partial charge in [0.2, 0.25) is 5.91 Å². The zero-order valence-corrected chi connectivity index (χ0v) is 32.2. The van der Waals surface area contributed by atoms with Gasteiger partial charge in [-0.05, 0) is 119 Å². The number of carbonyl (C=O) groups excluding carboxylic acids is 2. The SMILES string of the molecule is C=CC/C(=C\C=C\[C@]1(C)[C@@H](O)CC[C@@]2(C)[C@H]1CCC1Cc3c(n4c5c(c6c(cc35)C3=CC(C)(C)OC(C)(C)C3[C@@H]6O)C(=O)[C@@H]4C(=C)C)[C@@]12C)C(N)=O. The predicted molar refractivity (Wildman–Crippen MR) is 206 cm³/mol. The third-order valence-electron chi connectivity index (χ3n) is 15.0. The highest BCUT2D eigenvalue weighted by Crippen LogP contribution is 2.71. The number of rotatable bonds is 6. The fourth-order valence-electron chi connectivity index (χ4n) is 12.9. The van der Waals surface area contributed by atoms with E-state index in [9.17, 15) is 19.8 Å². The van der Waals surface area contributed by atoms with Gasteiger partial charge in [0.1, 0.15) is 6.04 Å². The van der Waals surface area contributed by atoms with Crippen molar-refractivity contribution >= 4 is 28.2 Å². The molecular weight excluding hydrogens is 649 g/mol. The molecule has 7 nitrogen and oxygen atoms in total. The standard InChI is InChI=1S/C45H56N2O5/c1-11-13-24(40(46)51)14-12-18-43(8)30-16-15-25-20-28-27-21-26-29-22-41(4,5)52-42(6,7)34(29)37(49)32(26)33-36(27)47(35(23(2)3)38(33)50)39(28)45(25,10)44(30,9)19-17-31(43)48/h11-12,14,18,21-22,25,30-31,34-35,37,48-49H,1-2,13,15-17,19-20H2,3-10H3,(H2,46,51)/b18-12+,24-14+/t25?,30-,31-,34?,35-,37+,43-,44-,45+/m0/s1. The van der Waals surface area contributed by atoms with Crippen LogP contribution < -0.4 is 5.73 Å². The molecule has 2 unspecified atom stereocenters. The summed E-state index contributed by atoms with van der Waals surface area (Å²) in [6, 6.07) is 1.76. The number of ketones is 1. The lowest BCUT2D eigenvalue weighted by molar-refractivity contribution is -0.144. The first kappa shape index (κ1) is 35.5. The van der Waals surface area contributed by atoms with Gasteiger partial charge in [0.25, 0.3) is 0 Å². The van der Waals surface area contributed by atoms with E-state index >= 15 is 0 Å². The van der Waals surface area contributed by atoms with Crippen LogP contribution in [0.25, 0.3) is 16.5 Å². The largest absolute Gasteiger partial charge is 0.392 e. The van der Waals surface area contributed by atoms with E-state index in [1.807, 2.05) is 13.0 Å². The highest BCUT2D eigenvalue weighted by atomic mass is 16.5. The Morgan fingerprint density at radius 1 is 1.12 bits per heavy atom. The van der Waals surface area contributed by atoms with Crippen LogP contribution in [0.15, 0.2) is 60.8 Å². The van der Waals surface area contributed by atoms with Crippen LogP contribution in [0.4, 0.5) is 0 Å². The summed E-state index contributed by atoms with van der Waals surface area (Å²) in [5.41, 5.74) is 11.8. The average molecular weight is 705 g/mol. The first-order valence-corrected chi connectivity index (χ1v) is 19.3. The van der Waals surface area contributed by atoms with Crippen molar-refractivity contribution in [3.05, 3.63) is 88.7 Å². The molecule has 7 heteroatoms. The lowest BCUT2D eigenvalue weighted by Crippen LogP contribution is -2.62. The Morgan fingerprint density at radius 2 is 1.83 bits per heavy atom. The molecular formula is C45H56N2O5. The monoisotopic (exact) mass is 704 g/mol. The van der Waals surface area contributed by atoms with Crippen LogP contribution in [0, 0.1) is 28.6 Å². The minimum atomic E-state index is -0.861. The molecule has 52 heavy (non-hydrogen) atoms. The van der Waals surface area contributed by atoms with Crippen molar-refractivity contribution in [2.75, 3.05) is 0 Å². The number of aliphatic hydroxyl groups excluding tert-OH is 2. The number of fused-ring (bicyclic) bond motifs is 11. The second kappa shape index (κ2) is 11.0. The smallest absolute Gasteiger partial charge is 0.244 e. The number of ether oxygens (including phenoxy) is 1.